The molecule has 0 aliphatic carbocycles. The van der Waals surface area contributed by atoms with Crippen molar-refractivity contribution in [3.05, 3.63) is 0 Å². The van der Waals surface area contributed by atoms with Gasteiger partial charge in [-0.2, -0.15) is 0 Å². The zero-order valence-corrected chi connectivity index (χ0v) is 11.6. The second-order valence-corrected chi connectivity index (χ2v) is 5.61. The number of rotatable bonds is 5. The van der Waals surface area contributed by atoms with E-state index in [1.807, 2.05) is 0 Å². The molecule has 3 N–H and O–H groups in total. The maximum absolute atomic E-state index is 9.56. The van der Waals surface area contributed by atoms with Gasteiger partial charge in [-0.3, -0.25) is 4.90 Å². The highest BCUT2D eigenvalue weighted by Gasteiger charge is 2.33. The van der Waals surface area contributed by atoms with E-state index in [9.17, 15) is 5.11 Å². The standard InChI is InChI=1S/C13H28N2O2/c1-9(2)13(14)11(8-16)15-6-5-10(3)12(7-15)17-4/h9-13,16H,5-8,14H2,1-4H3. The van der Waals surface area contributed by atoms with Crippen LogP contribution in [0.3, 0.4) is 0 Å². The van der Waals surface area contributed by atoms with Gasteiger partial charge in [0.05, 0.1) is 12.7 Å². The van der Waals surface area contributed by atoms with Crippen LogP contribution in [0.1, 0.15) is 27.2 Å². The van der Waals surface area contributed by atoms with Crippen molar-refractivity contribution in [2.24, 2.45) is 17.6 Å². The van der Waals surface area contributed by atoms with E-state index in [-0.39, 0.29) is 24.8 Å². The minimum atomic E-state index is 0.0194. The fraction of sp³-hybridized carbons (Fsp3) is 1.00. The highest BCUT2D eigenvalue weighted by molar-refractivity contribution is 4.89. The van der Waals surface area contributed by atoms with Crippen molar-refractivity contribution >= 4 is 0 Å². The zero-order chi connectivity index (χ0) is 13.0. The van der Waals surface area contributed by atoms with Crippen LogP contribution in [-0.2, 0) is 4.74 Å². The normalized spacial score (nSPS) is 30.5. The molecule has 102 valence electrons. The lowest BCUT2D eigenvalue weighted by Gasteiger charge is -2.42. The Bertz CT molecular complexity index is 223. The topological polar surface area (TPSA) is 58.7 Å². The number of ether oxygens (including phenoxy) is 1. The van der Waals surface area contributed by atoms with E-state index in [0.29, 0.717) is 11.8 Å². The third-order valence-corrected chi connectivity index (χ3v) is 4.09. The quantitative estimate of drug-likeness (QED) is 0.747. The van der Waals surface area contributed by atoms with Crippen molar-refractivity contribution in [1.82, 2.24) is 4.90 Å². The van der Waals surface area contributed by atoms with Crippen LogP contribution >= 0.6 is 0 Å². The molecule has 1 heterocycles. The van der Waals surface area contributed by atoms with E-state index in [2.05, 4.69) is 25.7 Å². The Morgan fingerprint density at radius 1 is 1.47 bits per heavy atom. The lowest BCUT2D eigenvalue weighted by atomic mass is 9.91. The Balaban J connectivity index is 2.64. The van der Waals surface area contributed by atoms with Gasteiger partial charge >= 0.3 is 0 Å². The van der Waals surface area contributed by atoms with Crippen LogP contribution in [0.4, 0.5) is 0 Å². The highest BCUT2D eigenvalue weighted by atomic mass is 16.5. The molecular formula is C13H28N2O2. The van der Waals surface area contributed by atoms with E-state index in [1.165, 1.54) is 0 Å². The van der Waals surface area contributed by atoms with Crippen LogP contribution in [0, 0.1) is 11.8 Å². The molecule has 4 unspecified atom stereocenters. The van der Waals surface area contributed by atoms with Crippen LogP contribution in [0.15, 0.2) is 0 Å². The van der Waals surface area contributed by atoms with Crippen LogP contribution in [0.2, 0.25) is 0 Å². The number of aliphatic hydroxyl groups is 1. The summed E-state index contributed by atoms with van der Waals surface area (Å²) in [4.78, 5) is 2.29. The molecule has 4 atom stereocenters. The number of methoxy groups -OCH3 is 1. The lowest BCUT2D eigenvalue weighted by molar-refractivity contribution is -0.0341. The van der Waals surface area contributed by atoms with E-state index in [4.69, 9.17) is 10.5 Å². The molecule has 0 saturated carbocycles. The first-order chi connectivity index (χ1) is 8.01. The summed E-state index contributed by atoms with van der Waals surface area (Å²) in [6.45, 7) is 8.45. The molecule has 1 rings (SSSR count). The molecule has 0 amide bonds. The van der Waals surface area contributed by atoms with Gasteiger partial charge < -0.3 is 15.6 Å². The molecule has 0 aromatic heterocycles. The molecule has 0 radical (unpaired) electrons. The molecule has 0 spiro atoms. The summed E-state index contributed by atoms with van der Waals surface area (Å²) in [6, 6.07) is 0.0751. The molecule has 17 heavy (non-hydrogen) atoms. The van der Waals surface area contributed by atoms with Gasteiger partial charge in [0.25, 0.3) is 0 Å². The largest absolute Gasteiger partial charge is 0.395 e. The summed E-state index contributed by atoms with van der Waals surface area (Å²) in [6.07, 6.45) is 1.37. The van der Waals surface area contributed by atoms with Crippen LogP contribution in [0.25, 0.3) is 0 Å². The van der Waals surface area contributed by atoms with E-state index in [0.717, 1.165) is 19.5 Å². The summed E-state index contributed by atoms with van der Waals surface area (Å²) in [7, 11) is 1.76. The zero-order valence-electron chi connectivity index (χ0n) is 11.6. The Morgan fingerprint density at radius 2 is 2.12 bits per heavy atom. The lowest BCUT2D eigenvalue weighted by Crippen LogP contribution is -2.57. The number of hydrogen-bond acceptors (Lipinski definition) is 4. The molecular weight excluding hydrogens is 216 g/mol. The van der Waals surface area contributed by atoms with Crippen molar-refractivity contribution in [2.75, 3.05) is 26.8 Å². The van der Waals surface area contributed by atoms with Crippen LogP contribution in [-0.4, -0.2) is 55.0 Å². The first-order valence-corrected chi connectivity index (χ1v) is 6.64. The van der Waals surface area contributed by atoms with Gasteiger partial charge in [-0.25, -0.2) is 0 Å². The van der Waals surface area contributed by atoms with Crippen molar-refractivity contribution < 1.29 is 9.84 Å². The average molecular weight is 244 g/mol. The smallest absolute Gasteiger partial charge is 0.0724 e. The molecule has 0 aromatic carbocycles. The molecule has 4 heteroatoms. The molecule has 0 aromatic rings. The SMILES string of the molecule is COC1CN(C(CO)C(N)C(C)C)CCC1C. The predicted octanol–water partition coefficient (Wildman–Crippen LogP) is 0.687. The monoisotopic (exact) mass is 244 g/mol. The van der Waals surface area contributed by atoms with E-state index < -0.39 is 0 Å². The first-order valence-electron chi connectivity index (χ1n) is 6.64. The van der Waals surface area contributed by atoms with Gasteiger partial charge in [-0.05, 0) is 24.8 Å². The number of likely N-dealkylation sites (tertiary alicyclic amines) is 1. The van der Waals surface area contributed by atoms with Crippen molar-refractivity contribution in [2.45, 2.75) is 45.4 Å². The Kier molecular flexibility index (Phi) is 5.86. The third kappa shape index (κ3) is 3.65. The van der Waals surface area contributed by atoms with Gasteiger partial charge in [-0.1, -0.05) is 20.8 Å². The first kappa shape index (κ1) is 14.9. The van der Waals surface area contributed by atoms with Crippen molar-refractivity contribution in [3.63, 3.8) is 0 Å². The second kappa shape index (κ2) is 6.69. The Hall–Kier alpha value is -0.160. The van der Waals surface area contributed by atoms with Gasteiger partial charge in [0.2, 0.25) is 0 Å². The Labute approximate surface area is 105 Å². The highest BCUT2D eigenvalue weighted by Crippen LogP contribution is 2.23. The minimum absolute atomic E-state index is 0.0194. The van der Waals surface area contributed by atoms with E-state index in [1.54, 1.807) is 7.11 Å². The van der Waals surface area contributed by atoms with Gasteiger partial charge in [-0.15, -0.1) is 0 Å². The van der Waals surface area contributed by atoms with Gasteiger partial charge in [0, 0.05) is 25.7 Å². The molecule has 1 aliphatic rings. The summed E-state index contributed by atoms with van der Waals surface area (Å²) >= 11 is 0. The summed E-state index contributed by atoms with van der Waals surface area (Å²) in [5, 5.41) is 9.56. The Morgan fingerprint density at radius 3 is 2.59 bits per heavy atom. The average Bonchev–Trinajstić information content (AvgIpc) is 2.31. The summed E-state index contributed by atoms with van der Waals surface area (Å²) in [5.41, 5.74) is 6.18. The maximum atomic E-state index is 9.56. The van der Waals surface area contributed by atoms with Gasteiger partial charge in [0.1, 0.15) is 0 Å². The summed E-state index contributed by atoms with van der Waals surface area (Å²) in [5.74, 6) is 0.971. The fourth-order valence-electron chi connectivity index (χ4n) is 2.59. The molecule has 1 aliphatic heterocycles. The second-order valence-electron chi connectivity index (χ2n) is 5.61. The molecule has 1 saturated heterocycles. The van der Waals surface area contributed by atoms with E-state index >= 15 is 0 Å². The number of piperidine rings is 1. The number of nitrogens with two attached hydrogens (primary N) is 1. The third-order valence-electron chi connectivity index (χ3n) is 4.09. The van der Waals surface area contributed by atoms with Crippen LogP contribution < -0.4 is 5.73 Å². The van der Waals surface area contributed by atoms with Crippen molar-refractivity contribution in [3.8, 4) is 0 Å². The molecule has 4 nitrogen and oxygen atoms in total. The van der Waals surface area contributed by atoms with Gasteiger partial charge in [0.15, 0.2) is 0 Å². The summed E-state index contributed by atoms with van der Waals surface area (Å²) < 4.78 is 5.50. The maximum Gasteiger partial charge on any atom is 0.0724 e. The number of hydrogen-bond donors (Lipinski definition) is 2. The molecule has 1 fully saturated rings. The number of nitrogens with zero attached hydrogens (tertiary/aromatic N) is 1. The fourth-order valence-corrected chi connectivity index (χ4v) is 2.59. The molecule has 0 bridgehead atoms. The van der Waals surface area contributed by atoms with Crippen LogP contribution in [0.5, 0.6) is 0 Å². The van der Waals surface area contributed by atoms with Crippen molar-refractivity contribution in [1.29, 1.82) is 0 Å². The predicted molar refractivity (Wildman–Crippen MR) is 69.8 cm³/mol. The number of aliphatic hydroxyl groups excluding tert-OH is 1. The minimum Gasteiger partial charge on any atom is -0.395 e.